The summed E-state index contributed by atoms with van der Waals surface area (Å²) >= 11 is 0. The maximum absolute atomic E-state index is 11.8. The second-order valence-electron chi connectivity index (χ2n) is 23.8. The number of carbonyl (C=O) groups excluding carboxylic acids is 1. The number of esters is 1. The number of ether oxygens (including phenoxy) is 3. The van der Waals surface area contributed by atoms with E-state index in [-0.39, 0.29) is 12.8 Å². The molecular weight excluding hydrogens is 1170 g/mol. The molecule has 0 N–H and O–H groups in total. The van der Waals surface area contributed by atoms with Gasteiger partial charge in [-0.25, -0.2) is 4.79 Å². The van der Waals surface area contributed by atoms with E-state index in [0.29, 0.717) is 11.3 Å². The molecular formula is C90H88N2O4. The van der Waals surface area contributed by atoms with Crippen LogP contribution in [0.4, 0.5) is 11.4 Å². The van der Waals surface area contributed by atoms with Gasteiger partial charge in [-0.15, -0.1) is 0 Å². The molecule has 0 aromatic heterocycles. The van der Waals surface area contributed by atoms with Crippen molar-refractivity contribution in [3.05, 3.63) is 386 Å². The number of nitrogens with zero attached hydrogens (tertiary/aromatic N) is 2. The number of rotatable bonds is 11. The van der Waals surface area contributed by atoms with Crippen molar-refractivity contribution < 1.29 is 19.0 Å². The fourth-order valence-electron chi connectivity index (χ4n) is 8.69. The van der Waals surface area contributed by atoms with Crippen LogP contribution in [0.25, 0.3) is 23.3 Å². The Morgan fingerprint density at radius 3 is 0.802 bits per heavy atom. The third-order valence-electron chi connectivity index (χ3n) is 14.9. The maximum atomic E-state index is 11.8. The van der Waals surface area contributed by atoms with Crippen LogP contribution in [0.3, 0.4) is 0 Å². The minimum atomic E-state index is -0.325. The van der Waals surface area contributed by atoms with Crippen molar-refractivity contribution in [1.82, 2.24) is 0 Å². The van der Waals surface area contributed by atoms with Crippen LogP contribution in [0, 0.1) is 94.9 Å². The largest absolute Gasteiger partial charge is 0.458 e. The molecule has 0 unspecified atom stereocenters. The molecule has 96 heavy (non-hydrogen) atoms. The molecule has 12 rings (SSSR count). The molecule has 0 heterocycles. The molecule has 0 radical (unpaired) electrons. The van der Waals surface area contributed by atoms with Gasteiger partial charge in [0.25, 0.3) is 0 Å². The Kier molecular flexibility index (Phi) is 29.0. The molecule has 12 aromatic carbocycles. The minimum Gasteiger partial charge on any atom is -0.458 e. The highest BCUT2D eigenvalue weighted by Gasteiger charge is 2.08. The van der Waals surface area contributed by atoms with Crippen LogP contribution in [-0.2, 0) is 0 Å². The summed E-state index contributed by atoms with van der Waals surface area (Å²) in [5, 5.41) is 8.34. The molecule has 6 nitrogen and oxygen atoms in total. The fraction of sp³-hybridized carbons (Fsp3) is 0.144. The van der Waals surface area contributed by atoms with Crippen molar-refractivity contribution in [2.24, 2.45) is 10.2 Å². The smallest absolute Gasteiger partial charge is 0.343 e. The predicted octanol–water partition coefficient (Wildman–Crippen LogP) is 24.1. The van der Waals surface area contributed by atoms with Gasteiger partial charge in [-0.3, -0.25) is 0 Å². The zero-order chi connectivity index (χ0) is 68.4. The highest BCUT2D eigenvalue weighted by Crippen LogP contribution is 2.22. The summed E-state index contributed by atoms with van der Waals surface area (Å²) in [4.78, 5) is 11.8. The number of aryl methyl sites for hydroxylation is 12. The average molecular weight is 1260 g/mol. The third-order valence-corrected chi connectivity index (χ3v) is 14.9. The van der Waals surface area contributed by atoms with Gasteiger partial charge in [-0.05, 0) is 202 Å². The molecule has 12 aromatic rings. The molecule has 0 bridgehead atoms. The van der Waals surface area contributed by atoms with Gasteiger partial charge < -0.3 is 14.2 Å². The molecule has 6 heteroatoms. The van der Waals surface area contributed by atoms with Gasteiger partial charge in [0.05, 0.1) is 16.9 Å². The lowest BCUT2D eigenvalue weighted by Gasteiger charge is -2.08. The first-order valence-corrected chi connectivity index (χ1v) is 32.3. The maximum Gasteiger partial charge on any atom is 0.343 e. The van der Waals surface area contributed by atoms with Crippen LogP contribution in [0.5, 0.6) is 17.2 Å². The first-order chi connectivity index (χ1) is 46.4. The SMILES string of the molecule is Cc1ccc(-c2ccc(C)cc2)cc1.Cc1ccc(C#Cc2ccc(C)cc2)cc1.Cc1ccc(C=Cc2ccc(C)cc2)cc1.Cc1ccc(N=Nc2ccc(C)cc2)cc1.Cc1ccc(OC(=O)c2ccc(C)cc2)cc1.Cc1ccc(OCOc2ccc(C)cc2)cc1. The van der Waals surface area contributed by atoms with Crippen LogP contribution >= 0.6 is 0 Å². The van der Waals surface area contributed by atoms with Gasteiger partial charge in [0, 0.05) is 11.1 Å². The lowest BCUT2D eigenvalue weighted by molar-refractivity contribution is 0.0734. The summed E-state index contributed by atoms with van der Waals surface area (Å²) in [6.07, 6.45) is 4.29. The molecule has 0 saturated heterocycles. The molecule has 0 fully saturated rings. The summed E-state index contributed by atoms with van der Waals surface area (Å²) < 4.78 is 16.2. The third kappa shape index (κ3) is 27.4. The van der Waals surface area contributed by atoms with Crippen molar-refractivity contribution in [3.63, 3.8) is 0 Å². The number of benzene rings is 12. The van der Waals surface area contributed by atoms with Crippen LogP contribution in [0.1, 0.15) is 99.4 Å². The van der Waals surface area contributed by atoms with E-state index in [0.717, 1.165) is 45.1 Å². The van der Waals surface area contributed by atoms with E-state index in [1.54, 1.807) is 24.3 Å². The van der Waals surface area contributed by atoms with Crippen molar-refractivity contribution in [3.8, 4) is 40.2 Å². The van der Waals surface area contributed by atoms with Crippen molar-refractivity contribution >= 4 is 29.5 Å². The van der Waals surface area contributed by atoms with Gasteiger partial charge >= 0.3 is 5.97 Å². The monoisotopic (exact) mass is 1260 g/mol. The Morgan fingerprint density at radius 1 is 0.281 bits per heavy atom. The molecule has 0 saturated carbocycles. The molecule has 0 aliphatic rings. The van der Waals surface area contributed by atoms with Crippen LogP contribution in [0.2, 0.25) is 0 Å². The number of carbonyl (C=O) groups is 1. The average Bonchev–Trinajstić information content (AvgIpc) is 1.17. The van der Waals surface area contributed by atoms with E-state index in [4.69, 9.17) is 14.2 Å². The zero-order valence-electron chi connectivity index (χ0n) is 57.6. The summed E-state index contributed by atoms with van der Waals surface area (Å²) in [6, 6.07) is 97.4. The minimum absolute atomic E-state index is 0.228. The van der Waals surface area contributed by atoms with E-state index in [2.05, 4.69) is 235 Å². The van der Waals surface area contributed by atoms with Crippen molar-refractivity contribution in [2.75, 3.05) is 6.79 Å². The first-order valence-electron chi connectivity index (χ1n) is 32.3. The van der Waals surface area contributed by atoms with E-state index in [1.165, 1.54) is 77.9 Å². The number of azo groups is 1. The van der Waals surface area contributed by atoms with E-state index in [9.17, 15) is 4.79 Å². The molecule has 0 amide bonds. The van der Waals surface area contributed by atoms with Gasteiger partial charge in [0.2, 0.25) is 6.79 Å². The Morgan fingerprint density at radius 2 is 0.510 bits per heavy atom. The first kappa shape index (κ1) is 72.0. The predicted molar refractivity (Wildman–Crippen MR) is 403 cm³/mol. The van der Waals surface area contributed by atoms with Crippen LogP contribution < -0.4 is 14.2 Å². The van der Waals surface area contributed by atoms with Gasteiger partial charge in [0.15, 0.2) is 0 Å². The zero-order valence-corrected chi connectivity index (χ0v) is 57.6. The van der Waals surface area contributed by atoms with Gasteiger partial charge in [-0.1, -0.05) is 285 Å². The molecule has 0 spiro atoms. The van der Waals surface area contributed by atoms with Crippen LogP contribution in [0.15, 0.2) is 301 Å². The Hall–Kier alpha value is -11.4. The standard InChI is InChI=1S/C16H16.C16H14.C15H16O2.C15H14O2.C14H14N2.C14H14/c2*1-13-3-7-15(8-4-13)11-12-16-9-5-14(2)6-10-16;1-12-3-7-14(8-4-12)16-11-17-15-9-5-13(2)6-10-15;1-11-3-7-13(8-4-11)15(16)17-14-9-5-12(2)6-10-14;1-11-3-7-13(8-4-11)15-16-14-9-5-12(2)6-10-14;1-11-3-7-13(8-4-11)14-9-5-12(2)6-10-14/h3-12H,1-2H3;3-10H,1-2H3;3-10H,11H2,1-2H3;3-10H,1-2H3;3-10H,1-2H3;3-10H,1-2H3. The highest BCUT2D eigenvalue weighted by molar-refractivity contribution is 5.91. The van der Waals surface area contributed by atoms with E-state index in [1.807, 2.05) is 149 Å². The quantitative estimate of drug-likeness (QED) is 0.0323. The van der Waals surface area contributed by atoms with Gasteiger partial charge in [-0.2, -0.15) is 10.2 Å². The second kappa shape index (κ2) is 38.6. The van der Waals surface area contributed by atoms with E-state index >= 15 is 0 Å². The van der Waals surface area contributed by atoms with Crippen molar-refractivity contribution in [1.29, 1.82) is 0 Å². The lowest BCUT2D eigenvalue weighted by Crippen LogP contribution is -2.08. The topological polar surface area (TPSA) is 69.5 Å². The van der Waals surface area contributed by atoms with Gasteiger partial charge in [0.1, 0.15) is 17.2 Å². The van der Waals surface area contributed by atoms with E-state index < -0.39 is 0 Å². The summed E-state index contributed by atoms with van der Waals surface area (Å²) in [5.41, 5.74) is 24.4. The molecule has 0 atom stereocenters. The van der Waals surface area contributed by atoms with Crippen LogP contribution in [-0.4, -0.2) is 12.8 Å². The molecule has 0 aliphatic carbocycles. The molecule has 0 aliphatic heterocycles. The summed E-state index contributed by atoms with van der Waals surface area (Å²) in [7, 11) is 0. The Bertz CT molecular complexity index is 4030. The molecule has 482 valence electrons. The summed E-state index contributed by atoms with van der Waals surface area (Å²) in [6.45, 7) is 25.0. The second-order valence-corrected chi connectivity index (χ2v) is 23.8. The highest BCUT2D eigenvalue weighted by atomic mass is 16.7. The lowest BCUT2D eigenvalue weighted by atomic mass is 10.0. The number of hydrogen-bond acceptors (Lipinski definition) is 6. The Labute approximate surface area is 571 Å². The fourth-order valence-corrected chi connectivity index (χ4v) is 8.69. The number of hydrogen-bond donors (Lipinski definition) is 0. The summed E-state index contributed by atoms with van der Waals surface area (Å²) in [5.74, 6) is 8.20. The Balaban J connectivity index is 0.000000163. The van der Waals surface area contributed by atoms with Crippen molar-refractivity contribution in [2.45, 2.75) is 83.1 Å². The normalized spacial score (nSPS) is 10.2.